The maximum Gasteiger partial charge on any atom is 0.0644 e. The van der Waals surface area contributed by atoms with E-state index in [4.69, 9.17) is 0 Å². The van der Waals surface area contributed by atoms with E-state index in [9.17, 15) is 5.11 Å². The minimum absolute atomic E-state index is 0.231. The minimum Gasteiger partial charge on any atom is -0.392 e. The molecule has 0 bridgehead atoms. The number of aliphatic hydroxyl groups is 1. The second kappa shape index (κ2) is 3.93. The molecule has 0 aromatic rings. The lowest BCUT2D eigenvalue weighted by Gasteiger charge is -2.41. The Labute approximate surface area is 94.6 Å². The Hall–Kier alpha value is -0.300. The molecule has 88 valence electrons. The van der Waals surface area contributed by atoms with Gasteiger partial charge in [0, 0.05) is 0 Å². The second-order valence-electron chi connectivity index (χ2n) is 6.99. The highest BCUT2D eigenvalue weighted by molar-refractivity contribution is 5.20. The molecular weight excluding hydrogens is 184 g/mol. The third-order valence-electron chi connectivity index (χ3n) is 3.66. The molecule has 15 heavy (non-hydrogen) atoms. The fourth-order valence-electron chi connectivity index (χ4n) is 2.98. The van der Waals surface area contributed by atoms with Gasteiger partial charge in [0.2, 0.25) is 0 Å². The zero-order chi connectivity index (χ0) is 11.9. The molecule has 0 amide bonds. The average Bonchev–Trinajstić information content (AvgIpc) is 2.44. The van der Waals surface area contributed by atoms with Gasteiger partial charge in [0.25, 0.3) is 0 Å². The highest BCUT2D eigenvalue weighted by atomic mass is 16.3. The summed E-state index contributed by atoms with van der Waals surface area (Å²) in [5.74, 6) is 1.20. The normalized spacial score (nSPS) is 28.1. The predicted molar refractivity (Wildman–Crippen MR) is 65.7 cm³/mol. The SMILES string of the molecule is CC(C)(C)C1CC=C(CO)C1C(C)(C)C. The summed E-state index contributed by atoms with van der Waals surface area (Å²) in [6.07, 6.45) is 3.38. The first-order chi connectivity index (χ1) is 6.68. The smallest absolute Gasteiger partial charge is 0.0644 e. The van der Waals surface area contributed by atoms with E-state index in [1.54, 1.807) is 0 Å². The van der Waals surface area contributed by atoms with Crippen LogP contribution in [0.3, 0.4) is 0 Å². The Balaban J connectivity index is 2.97. The molecule has 1 heteroatoms. The molecule has 0 radical (unpaired) electrons. The van der Waals surface area contributed by atoms with E-state index in [0.29, 0.717) is 17.3 Å². The van der Waals surface area contributed by atoms with Crippen LogP contribution in [0.25, 0.3) is 0 Å². The summed E-state index contributed by atoms with van der Waals surface area (Å²) in [5, 5.41) is 9.41. The zero-order valence-corrected chi connectivity index (χ0v) is 11.1. The first-order valence-electron chi connectivity index (χ1n) is 5.97. The minimum atomic E-state index is 0.231. The van der Waals surface area contributed by atoms with E-state index < -0.39 is 0 Å². The number of allylic oxidation sites excluding steroid dienone is 1. The summed E-state index contributed by atoms with van der Waals surface area (Å²) in [6, 6.07) is 0. The summed E-state index contributed by atoms with van der Waals surface area (Å²) < 4.78 is 0. The van der Waals surface area contributed by atoms with Crippen LogP contribution in [0.5, 0.6) is 0 Å². The molecule has 0 saturated carbocycles. The van der Waals surface area contributed by atoms with E-state index in [1.165, 1.54) is 5.57 Å². The van der Waals surface area contributed by atoms with Crippen LogP contribution in [0.2, 0.25) is 0 Å². The van der Waals surface area contributed by atoms with Crippen LogP contribution in [0.1, 0.15) is 48.0 Å². The van der Waals surface area contributed by atoms with Crippen molar-refractivity contribution >= 4 is 0 Å². The lowest BCUT2D eigenvalue weighted by atomic mass is 9.64. The highest BCUT2D eigenvalue weighted by Crippen LogP contribution is 2.50. The molecule has 2 atom stereocenters. The molecule has 1 aliphatic carbocycles. The van der Waals surface area contributed by atoms with Crippen molar-refractivity contribution in [2.45, 2.75) is 48.0 Å². The Morgan fingerprint density at radius 1 is 1.13 bits per heavy atom. The van der Waals surface area contributed by atoms with Crippen LogP contribution in [-0.2, 0) is 0 Å². The Morgan fingerprint density at radius 3 is 2.00 bits per heavy atom. The van der Waals surface area contributed by atoms with Gasteiger partial charge in [0.05, 0.1) is 6.61 Å². The first kappa shape index (κ1) is 12.8. The molecule has 2 unspecified atom stereocenters. The van der Waals surface area contributed by atoms with E-state index >= 15 is 0 Å². The van der Waals surface area contributed by atoms with Gasteiger partial charge < -0.3 is 5.11 Å². The van der Waals surface area contributed by atoms with E-state index in [-0.39, 0.29) is 12.0 Å². The third kappa shape index (κ3) is 2.63. The van der Waals surface area contributed by atoms with Crippen molar-refractivity contribution in [3.05, 3.63) is 11.6 Å². The highest BCUT2D eigenvalue weighted by Gasteiger charge is 2.42. The average molecular weight is 210 g/mol. The van der Waals surface area contributed by atoms with Gasteiger partial charge in [-0.05, 0) is 34.7 Å². The van der Waals surface area contributed by atoms with Crippen LogP contribution >= 0.6 is 0 Å². The Bertz CT molecular complexity index is 249. The van der Waals surface area contributed by atoms with Crippen LogP contribution < -0.4 is 0 Å². The molecule has 0 aromatic carbocycles. The molecule has 0 spiro atoms. The molecule has 0 aromatic heterocycles. The van der Waals surface area contributed by atoms with Gasteiger partial charge in [-0.25, -0.2) is 0 Å². The number of aliphatic hydroxyl groups excluding tert-OH is 1. The van der Waals surface area contributed by atoms with Crippen molar-refractivity contribution < 1.29 is 5.11 Å². The largest absolute Gasteiger partial charge is 0.392 e. The van der Waals surface area contributed by atoms with Crippen molar-refractivity contribution in [2.24, 2.45) is 22.7 Å². The molecule has 1 N–H and O–H groups in total. The lowest BCUT2D eigenvalue weighted by molar-refractivity contribution is 0.104. The van der Waals surface area contributed by atoms with Gasteiger partial charge >= 0.3 is 0 Å². The topological polar surface area (TPSA) is 20.2 Å². The van der Waals surface area contributed by atoms with Crippen molar-refractivity contribution in [1.82, 2.24) is 0 Å². The third-order valence-corrected chi connectivity index (χ3v) is 3.66. The Kier molecular flexibility index (Phi) is 3.35. The molecule has 1 rings (SSSR count). The van der Waals surface area contributed by atoms with Crippen LogP contribution in [0.4, 0.5) is 0 Å². The van der Waals surface area contributed by atoms with Gasteiger partial charge in [-0.15, -0.1) is 0 Å². The molecule has 0 saturated heterocycles. The number of hydrogen-bond donors (Lipinski definition) is 1. The van der Waals surface area contributed by atoms with Crippen LogP contribution in [0, 0.1) is 22.7 Å². The molecule has 1 nitrogen and oxygen atoms in total. The van der Waals surface area contributed by atoms with Crippen molar-refractivity contribution in [1.29, 1.82) is 0 Å². The fourth-order valence-corrected chi connectivity index (χ4v) is 2.98. The van der Waals surface area contributed by atoms with Crippen molar-refractivity contribution in [3.63, 3.8) is 0 Å². The van der Waals surface area contributed by atoms with Crippen molar-refractivity contribution in [3.8, 4) is 0 Å². The second-order valence-corrected chi connectivity index (χ2v) is 6.99. The first-order valence-corrected chi connectivity index (χ1v) is 5.97. The molecule has 1 aliphatic rings. The van der Waals surface area contributed by atoms with Gasteiger partial charge in [0.15, 0.2) is 0 Å². The summed E-state index contributed by atoms with van der Waals surface area (Å²) in [4.78, 5) is 0. The lowest BCUT2D eigenvalue weighted by Crippen LogP contribution is -2.34. The summed E-state index contributed by atoms with van der Waals surface area (Å²) >= 11 is 0. The fraction of sp³-hybridized carbons (Fsp3) is 0.857. The predicted octanol–water partition coefficient (Wildman–Crippen LogP) is 3.63. The van der Waals surface area contributed by atoms with Crippen molar-refractivity contribution in [2.75, 3.05) is 6.61 Å². The standard InChI is InChI=1S/C14H26O/c1-13(2,3)11-8-7-10(9-15)12(11)14(4,5)6/h7,11-12,15H,8-9H2,1-6H3. The van der Waals surface area contributed by atoms with E-state index in [1.807, 2.05) is 0 Å². The van der Waals surface area contributed by atoms with E-state index in [0.717, 1.165) is 6.42 Å². The van der Waals surface area contributed by atoms with Gasteiger partial charge in [-0.2, -0.15) is 0 Å². The van der Waals surface area contributed by atoms with E-state index in [2.05, 4.69) is 47.6 Å². The maximum absolute atomic E-state index is 9.41. The summed E-state index contributed by atoms with van der Waals surface area (Å²) in [5.41, 5.74) is 1.83. The number of rotatable bonds is 1. The zero-order valence-electron chi connectivity index (χ0n) is 11.1. The quantitative estimate of drug-likeness (QED) is 0.655. The molecule has 0 heterocycles. The molecule has 0 fully saturated rings. The summed E-state index contributed by atoms with van der Waals surface area (Å²) in [7, 11) is 0. The number of hydrogen-bond acceptors (Lipinski definition) is 1. The molecule has 0 aliphatic heterocycles. The van der Waals surface area contributed by atoms with Crippen LogP contribution in [-0.4, -0.2) is 11.7 Å². The van der Waals surface area contributed by atoms with Gasteiger partial charge in [-0.3, -0.25) is 0 Å². The Morgan fingerprint density at radius 2 is 1.67 bits per heavy atom. The van der Waals surface area contributed by atoms with Gasteiger partial charge in [0.1, 0.15) is 0 Å². The van der Waals surface area contributed by atoms with Gasteiger partial charge in [-0.1, -0.05) is 47.6 Å². The monoisotopic (exact) mass is 210 g/mol. The maximum atomic E-state index is 9.41. The molecular formula is C14H26O. The summed E-state index contributed by atoms with van der Waals surface area (Å²) in [6.45, 7) is 14.0. The van der Waals surface area contributed by atoms with Crippen LogP contribution in [0.15, 0.2) is 11.6 Å².